The molecule has 2 aromatic carbocycles. The van der Waals surface area contributed by atoms with E-state index < -0.39 is 11.1 Å². The standard InChI is InChI=1S/C11H10BrN3O2.C9H12BrN3/c12-7-3-8-9(15-11(17)10(16)14-8)5-1-2-13-4-6(5)7;10-7-3-8(11)9(12)5-1-2-13-4-6(5)7/h3,13H,1-2,4H2,(H,14,16)(H,15,17);3,13H,1-2,4,11-12H2. The Hall–Kier alpha value is -2.14. The topological polar surface area (TPSA) is 142 Å². The number of hydrogen-bond acceptors (Lipinski definition) is 6. The van der Waals surface area contributed by atoms with E-state index in [1.165, 1.54) is 11.1 Å². The number of hydrogen-bond donors (Lipinski definition) is 6. The predicted octanol–water partition coefficient (Wildman–Crippen LogP) is 1.88. The fraction of sp³-hybridized carbons (Fsp3) is 0.300. The van der Waals surface area contributed by atoms with Gasteiger partial charge in [0.05, 0.1) is 22.4 Å². The van der Waals surface area contributed by atoms with Gasteiger partial charge in [0, 0.05) is 22.0 Å². The fourth-order valence-corrected chi connectivity index (χ4v) is 5.15. The van der Waals surface area contributed by atoms with Gasteiger partial charge in [0.25, 0.3) is 0 Å². The smallest absolute Gasteiger partial charge is 0.314 e. The second kappa shape index (κ2) is 8.54. The van der Waals surface area contributed by atoms with Crippen LogP contribution >= 0.6 is 31.9 Å². The molecule has 0 amide bonds. The number of rotatable bonds is 0. The van der Waals surface area contributed by atoms with Gasteiger partial charge in [-0.05, 0) is 60.3 Å². The Labute approximate surface area is 189 Å². The van der Waals surface area contributed by atoms with Gasteiger partial charge < -0.3 is 32.1 Å². The number of aromatic nitrogens is 2. The van der Waals surface area contributed by atoms with E-state index in [-0.39, 0.29) is 0 Å². The van der Waals surface area contributed by atoms with Gasteiger partial charge in [0.15, 0.2) is 0 Å². The van der Waals surface area contributed by atoms with Crippen LogP contribution in [0.5, 0.6) is 0 Å². The van der Waals surface area contributed by atoms with Crippen LogP contribution in [0.4, 0.5) is 11.4 Å². The molecule has 0 spiro atoms. The summed E-state index contributed by atoms with van der Waals surface area (Å²) in [5, 5.41) is 6.58. The molecule has 158 valence electrons. The average molecular weight is 538 g/mol. The van der Waals surface area contributed by atoms with Crippen molar-refractivity contribution < 1.29 is 0 Å². The number of nitrogens with two attached hydrogens (primary N) is 2. The Morgan fingerprint density at radius 3 is 2.03 bits per heavy atom. The van der Waals surface area contributed by atoms with Gasteiger partial charge in [-0.25, -0.2) is 0 Å². The van der Waals surface area contributed by atoms with Crippen molar-refractivity contribution in [3.05, 3.63) is 64.0 Å². The number of aromatic amines is 2. The second-order valence-electron chi connectivity index (χ2n) is 7.32. The normalized spacial score (nSPS) is 15.1. The molecule has 0 saturated carbocycles. The molecule has 8 N–H and O–H groups in total. The lowest BCUT2D eigenvalue weighted by Gasteiger charge is -2.21. The van der Waals surface area contributed by atoms with E-state index in [0.717, 1.165) is 70.3 Å². The molecule has 0 atom stereocenters. The van der Waals surface area contributed by atoms with E-state index >= 15 is 0 Å². The van der Waals surface area contributed by atoms with Crippen molar-refractivity contribution >= 4 is 54.3 Å². The first-order chi connectivity index (χ1) is 14.4. The fourth-order valence-electron chi connectivity index (χ4n) is 3.91. The Balaban J connectivity index is 0.000000151. The average Bonchev–Trinajstić information content (AvgIpc) is 2.74. The molecule has 3 heterocycles. The Morgan fingerprint density at radius 1 is 0.767 bits per heavy atom. The van der Waals surface area contributed by atoms with Crippen molar-refractivity contribution in [1.29, 1.82) is 0 Å². The maximum atomic E-state index is 11.4. The van der Waals surface area contributed by atoms with Crippen LogP contribution in [0.3, 0.4) is 0 Å². The predicted molar refractivity (Wildman–Crippen MR) is 127 cm³/mol. The summed E-state index contributed by atoms with van der Waals surface area (Å²) in [5.41, 5.74) is 18.0. The molecular formula is C20H22Br2N6O2. The molecule has 8 nitrogen and oxygen atoms in total. The molecule has 10 heteroatoms. The van der Waals surface area contributed by atoms with Crippen molar-refractivity contribution in [3.8, 4) is 0 Å². The number of nitrogens with one attached hydrogen (secondary N) is 4. The molecule has 0 aliphatic carbocycles. The molecule has 0 radical (unpaired) electrons. The minimum atomic E-state index is -0.613. The lowest BCUT2D eigenvalue weighted by Crippen LogP contribution is -2.31. The lowest BCUT2D eigenvalue weighted by molar-refractivity contribution is 0.643. The first-order valence-corrected chi connectivity index (χ1v) is 11.2. The van der Waals surface area contributed by atoms with Gasteiger partial charge >= 0.3 is 11.1 Å². The van der Waals surface area contributed by atoms with Gasteiger partial charge in [-0.15, -0.1) is 0 Å². The first-order valence-electron chi connectivity index (χ1n) is 9.60. The summed E-state index contributed by atoms with van der Waals surface area (Å²) >= 11 is 6.98. The third-order valence-corrected chi connectivity index (χ3v) is 6.88. The Bertz CT molecular complexity index is 1250. The highest BCUT2D eigenvalue weighted by Crippen LogP contribution is 2.32. The molecule has 0 saturated heterocycles. The van der Waals surface area contributed by atoms with E-state index in [2.05, 4.69) is 52.5 Å². The van der Waals surface area contributed by atoms with Crippen LogP contribution in [0.1, 0.15) is 22.3 Å². The maximum absolute atomic E-state index is 11.4. The van der Waals surface area contributed by atoms with Gasteiger partial charge in [-0.1, -0.05) is 31.9 Å². The van der Waals surface area contributed by atoms with Crippen LogP contribution < -0.4 is 33.2 Å². The minimum absolute atomic E-state index is 0.597. The SMILES string of the molecule is Nc1cc(Br)c2c(c1N)CCNC2.O=c1[nH]c2cc(Br)c3c(c2[nH]c1=O)CCNC3. The third kappa shape index (κ3) is 3.92. The van der Waals surface area contributed by atoms with E-state index in [4.69, 9.17) is 11.5 Å². The summed E-state index contributed by atoms with van der Waals surface area (Å²) < 4.78 is 2.01. The number of halogens is 2. The molecule has 3 aromatic rings. The Morgan fingerprint density at radius 2 is 1.33 bits per heavy atom. The highest BCUT2D eigenvalue weighted by atomic mass is 79.9. The molecule has 0 bridgehead atoms. The molecular weight excluding hydrogens is 516 g/mol. The highest BCUT2D eigenvalue weighted by Gasteiger charge is 2.17. The number of nitrogen functional groups attached to an aromatic ring is 2. The van der Waals surface area contributed by atoms with Gasteiger partial charge in [-0.2, -0.15) is 0 Å². The van der Waals surface area contributed by atoms with Crippen molar-refractivity contribution in [3.63, 3.8) is 0 Å². The summed E-state index contributed by atoms with van der Waals surface area (Å²) in [4.78, 5) is 27.9. The van der Waals surface area contributed by atoms with E-state index in [1.807, 2.05) is 12.1 Å². The minimum Gasteiger partial charge on any atom is -0.397 e. The molecule has 30 heavy (non-hydrogen) atoms. The summed E-state index contributed by atoms with van der Waals surface area (Å²) in [6, 6.07) is 3.71. The third-order valence-electron chi connectivity index (χ3n) is 5.47. The van der Waals surface area contributed by atoms with Crippen LogP contribution in [-0.2, 0) is 25.9 Å². The van der Waals surface area contributed by atoms with Gasteiger partial charge in [0.1, 0.15) is 0 Å². The van der Waals surface area contributed by atoms with Crippen molar-refractivity contribution in [2.45, 2.75) is 25.9 Å². The molecule has 2 aliphatic rings. The second-order valence-corrected chi connectivity index (χ2v) is 9.03. The molecule has 5 rings (SSSR count). The monoisotopic (exact) mass is 536 g/mol. The summed E-state index contributed by atoms with van der Waals surface area (Å²) in [5.74, 6) is 0. The number of H-pyrrole nitrogens is 2. The molecule has 0 fully saturated rings. The van der Waals surface area contributed by atoms with Crippen LogP contribution in [0.2, 0.25) is 0 Å². The van der Waals surface area contributed by atoms with Crippen molar-refractivity contribution in [2.75, 3.05) is 24.6 Å². The quantitative estimate of drug-likeness (QED) is 0.191. The number of anilines is 2. The zero-order chi connectivity index (χ0) is 21.4. The zero-order valence-corrected chi connectivity index (χ0v) is 19.3. The van der Waals surface area contributed by atoms with E-state index in [9.17, 15) is 9.59 Å². The first kappa shape index (κ1) is 21.1. The van der Waals surface area contributed by atoms with E-state index in [0.29, 0.717) is 11.2 Å². The number of fused-ring (bicyclic) bond motifs is 4. The lowest BCUT2D eigenvalue weighted by atomic mass is 9.98. The molecule has 2 aliphatic heterocycles. The van der Waals surface area contributed by atoms with Crippen LogP contribution in [0.15, 0.2) is 30.7 Å². The maximum Gasteiger partial charge on any atom is 0.314 e. The largest absolute Gasteiger partial charge is 0.397 e. The zero-order valence-electron chi connectivity index (χ0n) is 16.1. The van der Waals surface area contributed by atoms with Gasteiger partial charge in [-0.3, -0.25) is 9.59 Å². The van der Waals surface area contributed by atoms with Crippen molar-refractivity contribution in [2.24, 2.45) is 0 Å². The summed E-state index contributed by atoms with van der Waals surface area (Å²) in [6.45, 7) is 3.50. The highest BCUT2D eigenvalue weighted by molar-refractivity contribution is 9.10. The van der Waals surface area contributed by atoms with Crippen molar-refractivity contribution in [1.82, 2.24) is 20.6 Å². The van der Waals surface area contributed by atoms with Gasteiger partial charge in [0.2, 0.25) is 0 Å². The summed E-state index contributed by atoms with van der Waals surface area (Å²) in [7, 11) is 0. The summed E-state index contributed by atoms with van der Waals surface area (Å²) in [6.07, 6.45) is 1.80. The van der Waals surface area contributed by atoms with E-state index in [1.54, 1.807) is 0 Å². The van der Waals surface area contributed by atoms with Crippen LogP contribution in [-0.4, -0.2) is 23.1 Å². The molecule has 1 aromatic heterocycles. The molecule has 0 unspecified atom stereocenters. The Kier molecular flexibility index (Phi) is 6.01. The van der Waals surface area contributed by atoms with Crippen LogP contribution in [0.25, 0.3) is 11.0 Å². The number of benzene rings is 2. The van der Waals surface area contributed by atoms with Crippen LogP contribution in [0, 0.1) is 0 Å².